The molecule has 0 spiro atoms. The second-order valence-corrected chi connectivity index (χ2v) is 7.72. The van der Waals surface area contributed by atoms with Crippen LogP contribution in [0.5, 0.6) is 0 Å². The highest BCUT2D eigenvalue weighted by atomic mass is 16.4. The van der Waals surface area contributed by atoms with Crippen LogP contribution in [-0.2, 0) is 32.3 Å². The number of primary amides is 1. The molecule has 2 rings (SSSR count). The van der Waals surface area contributed by atoms with Crippen LogP contribution in [0, 0.1) is 0 Å². The van der Waals surface area contributed by atoms with Gasteiger partial charge in [0.1, 0.15) is 6.04 Å². The number of carboxylic acid groups (broad SMARTS) is 3. The van der Waals surface area contributed by atoms with E-state index in [-0.39, 0.29) is 58.7 Å². The van der Waals surface area contributed by atoms with Gasteiger partial charge in [0.05, 0.1) is 24.5 Å². The number of aromatic nitrogens is 1. The van der Waals surface area contributed by atoms with Gasteiger partial charge in [-0.3, -0.25) is 38.9 Å². The van der Waals surface area contributed by atoms with Crippen molar-refractivity contribution in [2.75, 3.05) is 39.3 Å². The Morgan fingerprint density at radius 1 is 0.906 bits per heavy atom. The molecule has 12 heteroatoms. The van der Waals surface area contributed by atoms with Crippen molar-refractivity contribution in [3.63, 3.8) is 0 Å². The van der Waals surface area contributed by atoms with Crippen LogP contribution in [0.4, 0.5) is 0 Å². The van der Waals surface area contributed by atoms with Gasteiger partial charge in [-0.05, 0) is 18.6 Å². The molecule has 1 aromatic heterocycles. The fourth-order valence-corrected chi connectivity index (χ4v) is 3.65. The lowest BCUT2D eigenvalue weighted by molar-refractivity contribution is -0.144. The van der Waals surface area contributed by atoms with Crippen LogP contribution in [0.25, 0.3) is 0 Å². The first-order valence-corrected chi connectivity index (χ1v) is 10.2. The Morgan fingerprint density at radius 2 is 1.47 bits per heavy atom. The lowest BCUT2D eigenvalue weighted by atomic mass is 10.1. The molecule has 5 N–H and O–H groups in total. The molecule has 1 atom stereocenters. The zero-order valence-corrected chi connectivity index (χ0v) is 17.7. The van der Waals surface area contributed by atoms with Crippen LogP contribution in [0.3, 0.4) is 0 Å². The van der Waals surface area contributed by atoms with Gasteiger partial charge in [-0.15, -0.1) is 0 Å². The highest BCUT2D eigenvalue weighted by Gasteiger charge is 2.28. The van der Waals surface area contributed by atoms with E-state index < -0.39 is 29.9 Å². The Balaban J connectivity index is 2.34. The second-order valence-electron chi connectivity index (χ2n) is 7.72. The van der Waals surface area contributed by atoms with Crippen molar-refractivity contribution in [3.05, 3.63) is 29.6 Å². The summed E-state index contributed by atoms with van der Waals surface area (Å²) in [4.78, 5) is 55.2. The Hall–Kier alpha value is -3.09. The fourth-order valence-electron chi connectivity index (χ4n) is 3.65. The highest BCUT2D eigenvalue weighted by molar-refractivity contribution is 5.77. The molecule has 0 radical (unpaired) electrons. The largest absolute Gasteiger partial charge is 0.480 e. The summed E-state index contributed by atoms with van der Waals surface area (Å²) >= 11 is 0. The molecule has 1 aliphatic heterocycles. The Bertz CT molecular complexity index is 834. The predicted molar refractivity (Wildman–Crippen MR) is 111 cm³/mol. The molecule has 2 bridgehead atoms. The number of fused-ring (bicyclic) bond motifs is 2. The average molecular weight is 451 g/mol. The first-order chi connectivity index (χ1) is 15.1. The van der Waals surface area contributed by atoms with Gasteiger partial charge in [0.2, 0.25) is 5.91 Å². The minimum atomic E-state index is -1.10. The number of amides is 1. The monoisotopic (exact) mass is 451 g/mol. The van der Waals surface area contributed by atoms with Gasteiger partial charge in [-0.1, -0.05) is 6.07 Å². The van der Waals surface area contributed by atoms with Gasteiger partial charge >= 0.3 is 17.9 Å². The minimum absolute atomic E-state index is 0.0235. The third-order valence-electron chi connectivity index (χ3n) is 5.16. The number of aliphatic carboxylic acids is 3. The standard InChI is InChI=1S/C20H29N5O7/c21-17(26)5-4-16(20(31)32)25-9-8-23(12-18(27)28)6-7-24(13-19(29)30)10-14-2-1-3-15(11-25)22-14/h1-3,16H,4-13H2,(H2,21,26)(H,27,28)(H,29,30)(H,31,32). The zero-order valence-electron chi connectivity index (χ0n) is 17.7. The molecule has 0 aliphatic carbocycles. The van der Waals surface area contributed by atoms with Crippen LogP contribution in [0.15, 0.2) is 18.2 Å². The van der Waals surface area contributed by atoms with Crippen molar-refractivity contribution in [1.82, 2.24) is 19.7 Å². The second kappa shape index (κ2) is 12.1. The predicted octanol–water partition coefficient (Wildman–Crippen LogP) is -1.11. The molecule has 0 aromatic carbocycles. The number of rotatable bonds is 9. The number of hydrogen-bond donors (Lipinski definition) is 4. The lowest BCUT2D eigenvalue weighted by Gasteiger charge is -2.32. The first-order valence-electron chi connectivity index (χ1n) is 10.2. The third kappa shape index (κ3) is 8.57. The summed E-state index contributed by atoms with van der Waals surface area (Å²) in [7, 11) is 0. The van der Waals surface area contributed by atoms with Crippen LogP contribution >= 0.6 is 0 Å². The van der Waals surface area contributed by atoms with Crippen molar-refractivity contribution >= 4 is 23.8 Å². The van der Waals surface area contributed by atoms with Gasteiger partial charge < -0.3 is 21.1 Å². The molecule has 1 amide bonds. The van der Waals surface area contributed by atoms with E-state index in [2.05, 4.69) is 4.98 Å². The van der Waals surface area contributed by atoms with Gasteiger partial charge in [-0.2, -0.15) is 0 Å². The molecule has 32 heavy (non-hydrogen) atoms. The average Bonchev–Trinajstić information content (AvgIpc) is 2.67. The van der Waals surface area contributed by atoms with E-state index in [4.69, 9.17) is 5.73 Å². The summed E-state index contributed by atoms with van der Waals surface area (Å²) in [5, 5.41) is 28.2. The molecule has 176 valence electrons. The van der Waals surface area contributed by atoms with E-state index in [0.29, 0.717) is 17.9 Å². The van der Waals surface area contributed by atoms with Gasteiger partial charge in [0, 0.05) is 45.7 Å². The van der Waals surface area contributed by atoms with Crippen LogP contribution < -0.4 is 5.73 Å². The van der Waals surface area contributed by atoms with Crippen molar-refractivity contribution in [2.45, 2.75) is 32.0 Å². The molecule has 2 heterocycles. The molecule has 0 saturated heterocycles. The van der Waals surface area contributed by atoms with E-state index in [0.717, 1.165) is 0 Å². The first kappa shape index (κ1) is 25.2. The van der Waals surface area contributed by atoms with Crippen molar-refractivity contribution in [2.24, 2.45) is 5.73 Å². The Labute approximate surface area is 185 Å². The normalized spacial score (nSPS) is 17.6. The quantitative estimate of drug-likeness (QED) is 0.358. The maximum absolute atomic E-state index is 11.9. The molecular formula is C20H29N5O7. The topological polar surface area (TPSA) is 178 Å². The number of carboxylic acids is 3. The molecule has 0 saturated carbocycles. The van der Waals surface area contributed by atoms with E-state index in [1.54, 1.807) is 32.9 Å². The minimum Gasteiger partial charge on any atom is -0.480 e. The van der Waals surface area contributed by atoms with Crippen LogP contribution in [0.2, 0.25) is 0 Å². The summed E-state index contributed by atoms with van der Waals surface area (Å²) < 4.78 is 0. The Kier molecular flexibility index (Phi) is 9.50. The van der Waals surface area contributed by atoms with E-state index in [1.807, 2.05) is 0 Å². The number of pyridine rings is 1. The molecule has 0 fully saturated rings. The summed E-state index contributed by atoms with van der Waals surface area (Å²) in [5.74, 6) is -3.74. The SMILES string of the molecule is NC(=O)CCC(C(=O)O)N1CCN(CC(=O)O)CCN(CC(=O)O)Cc2cccc(n2)C1. The number of hydrogen-bond acceptors (Lipinski definition) is 8. The maximum atomic E-state index is 11.9. The van der Waals surface area contributed by atoms with Crippen LogP contribution in [-0.4, -0.2) is 104 Å². The molecule has 12 nitrogen and oxygen atoms in total. The smallest absolute Gasteiger partial charge is 0.320 e. The van der Waals surface area contributed by atoms with Crippen molar-refractivity contribution < 1.29 is 34.5 Å². The summed E-state index contributed by atoms with van der Waals surface area (Å²) in [6.45, 7) is 0.988. The maximum Gasteiger partial charge on any atom is 0.320 e. The van der Waals surface area contributed by atoms with E-state index in [9.17, 15) is 34.5 Å². The molecule has 1 aromatic rings. The van der Waals surface area contributed by atoms with Gasteiger partial charge in [0.15, 0.2) is 0 Å². The van der Waals surface area contributed by atoms with Gasteiger partial charge in [0.25, 0.3) is 0 Å². The number of carbonyl (C=O) groups is 4. The van der Waals surface area contributed by atoms with Gasteiger partial charge in [-0.25, -0.2) is 0 Å². The highest BCUT2D eigenvalue weighted by Crippen LogP contribution is 2.14. The molecule has 1 aliphatic rings. The summed E-state index contributed by atoms with van der Waals surface area (Å²) in [6, 6.07) is 4.28. The van der Waals surface area contributed by atoms with E-state index in [1.165, 1.54) is 0 Å². The Morgan fingerprint density at radius 3 is 2.06 bits per heavy atom. The van der Waals surface area contributed by atoms with Crippen molar-refractivity contribution in [3.8, 4) is 0 Å². The third-order valence-corrected chi connectivity index (χ3v) is 5.16. The number of nitrogens with zero attached hydrogens (tertiary/aromatic N) is 4. The number of nitrogens with two attached hydrogens (primary N) is 1. The fraction of sp³-hybridized carbons (Fsp3) is 0.550. The van der Waals surface area contributed by atoms with E-state index >= 15 is 0 Å². The van der Waals surface area contributed by atoms with Crippen molar-refractivity contribution in [1.29, 1.82) is 0 Å². The summed E-state index contributed by atoms with van der Waals surface area (Å²) in [6.07, 6.45) is -0.0698. The van der Waals surface area contributed by atoms with Crippen LogP contribution in [0.1, 0.15) is 24.2 Å². The summed E-state index contributed by atoms with van der Waals surface area (Å²) in [5.41, 5.74) is 6.42. The zero-order chi connectivity index (χ0) is 23.7. The number of carbonyl (C=O) groups excluding carboxylic acids is 1. The lowest BCUT2D eigenvalue weighted by Crippen LogP contribution is -2.47. The molecular weight excluding hydrogens is 422 g/mol. The molecule has 1 unspecified atom stereocenters.